The van der Waals surface area contributed by atoms with Gasteiger partial charge in [-0.25, -0.2) is 9.59 Å². The zero-order valence-electron chi connectivity index (χ0n) is 36.2. The zero-order chi connectivity index (χ0) is 45.9. The first-order chi connectivity index (χ1) is 29.6. The molecule has 3 fully saturated rings. The number of carbonyl (C=O) groups is 6. The van der Waals surface area contributed by atoms with E-state index in [0.29, 0.717) is 5.56 Å². The number of esters is 4. The molecule has 1 saturated heterocycles. The summed E-state index contributed by atoms with van der Waals surface area (Å²) in [4.78, 5) is 84.1. The van der Waals surface area contributed by atoms with E-state index in [1.54, 1.807) is 92.7 Å². The molecule has 0 unspecified atom stereocenters. The van der Waals surface area contributed by atoms with Crippen LogP contribution in [0.3, 0.4) is 0 Å². The van der Waals surface area contributed by atoms with Crippen molar-refractivity contribution >= 4 is 35.6 Å². The molecule has 3 aromatic carbocycles. The Balaban J connectivity index is 1.41. The molecular formula is C48H53NO14. The largest absolute Gasteiger partial charge is 0.456 e. The molecule has 4 aliphatic rings. The number of hydrogen-bond acceptors (Lipinski definition) is 14. The lowest BCUT2D eigenvalue weighted by Crippen LogP contribution is -2.82. The number of benzene rings is 3. The van der Waals surface area contributed by atoms with Crippen molar-refractivity contribution in [3.63, 3.8) is 0 Å². The van der Waals surface area contributed by atoms with Crippen molar-refractivity contribution in [1.82, 2.24) is 5.32 Å². The molecule has 1 heterocycles. The summed E-state index contributed by atoms with van der Waals surface area (Å²) in [7, 11) is 0. The molecule has 2 bridgehead atoms. The maximum Gasteiger partial charge on any atom is 0.340 e. The average Bonchev–Trinajstić information content (AvgIpc) is 3.24. The van der Waals surface area contributed by atoms with Crippen LogP contribution in [0.4, 0.5) is 0 Å². The van der Waals surface area contributed by atoms with Crippen LogP contribution in [-0.4, -0.2) is 105 Å². The van der Waals surface area contributed by atoms with Gasteiger partial charge in [0.15, 0.2) is 23.1 Å². The molecule has 1 aliphatic heterocycles. The first-order valence-electron chi connectivity index (χ1n) is 20.9. The minimum atomic E-state index is -2.50. The lowest BCUT2D eigenvalue weighted by molar-refractivity contribution is -0.346. The highest BCUT2D eigenvalue weighted by atomic mass is 16.6. The van der Waals surface area contributed by atoms with Gasteiger partial charge in [-0.05, 0) is 61.7 Å². The fourth-order valence-electron chi connectivity index (χ4n) is 10.4. The molecule has 3 aromatic rings. The van der Waals surface area contributed by atoms with Crippen molar-refractivity contribution in [2.75, 3.05) is 6.61 Å². The number of fused-ring (bicyclic) bond motifs is 5. The summed E-state index contributed by atoms with van der Waals surface area (Å²) in [5.41, 5.74) is -9.58. The molecule has 0 radical (unpaired) electrons. The first kappa shape index (κ1) is 45.3. The molecule has 11 atom stereocenters. The van der Waals surface area contributed by atoms with E-state index >= 15 is 4.79 Å². The van der Waals surface area contributed by atoms with Crippen LogP contribution in [0.5, 0.6) is 0 Å². The van der Waals surface area contributed by atoms with Crippen LogP contribution in [-0.2, 0) is 42.9 Å². The van der Waals surface area contributed by atoms with Crippen LogP contribution in [0.1, 0.15) is 93.6 Å². The van der Waals surface area contributed by atoms with Crippen LogP contribution in [0, 0.1) is 16.7 Å². The summed E-state index contributed by atoms with van der Waals surface area (Å²) >= 11 is 0. The SMILES string of the molecule is CC(=O)O[C@H]1C(=O)[C@@]2(C)[C@H]([C@H](OC(=O)c3ccccc3)[C@]3(O)C[C@H](OC(=O)[C@](C)(O)[C@@H](NC(=O)c4ccccc4)c4ccccc4)C(C)=C1C3(C)C)[C@]1(OC(C)=O)CO[C@@H]1C[C@@H]2O. The van der Waals surface area contributed by atoms with E-state index in [1.165, 1.54) is 32.9 Å². The highest BCUT2D eigenvalue weighted by molar-refractivity contribution is 5.96. The van der Waals surface area contributed by atoms with Crippen LogP contribution >= 0.6 is 0 Å². The minimum Gasteiger partial charge on any atom is -0.456 e. The van der Waals surface area contributed by atoms with E-state index in [4.69, 9.17) is 23.7 Å². The van der Waals surface area contributed by atoms with Crippen molar-refractivity contribution in [1.29, 1.82) is 0 Å². The number of amides is 1. The summed E-state index contributed by atoms with van der Waals surface area (Å²) in [5.74, 6) is -6.88. The molecule has 2 saturated carbocycles. The molecule has 7 rings (SSSR count). The summed E-state index contributed by atoms with van der Waals surface area (Å²) in [5, 5.41) is 40.8. The number of rotatable bonds is 10. The molecule has 3 aliphatic carbocycles. The Labute approximate surface area is 364 Å². The molecule has 0 aromatic heterocycles. The molecule has 15 heteroatoms. The van der Waals surface area contributed by atoms with Crippen LogP contribution in [0.2, 0.25) is 0 Å². The minimum absolute atomic E-state index is 0.00737. The van der Waals surface area contributed by atoms with Gasteiger partial charge in [0.05, 0.1) is 35.6 Å². The monoisotopic (exact) mass is 867 g/mol. The predicted molar refractivity (Wildman–Crippen MR) is 222 cm³/mol. The third-order valence-corrected chi connectivity index (χ3v) is 13.9. The quantitative estimate of drug-likeness (QED) is 0.128. The number of carbonyl (C=O) groups excluding carboxylic acids is 6. The fraction of sp³-hybridized carbons (Fsp3) is 0.458. The smallest absolute Gasteiger partial charge is 0.340 e. The fourth-order valence-corrected chi connectivity index (χ4v) is 10.4. The topological polar surface area (TPSA) is 221 Å². The number of ketones is 1. The molecular weight excluding hydrogens is 815 g/mol. The van der Waals surface area contributed by atoms with Crippen LogP contribution in [0.15, 0.2) is 102 Å². The third-order valence-electron chi connectivity index (χ3n) is 13.9. The molecule has 0 spiro atoms. The normalized spacial score (nSPS) is 32.1. The molecule has 63 heavy (non-hydrogen) atoms. The van der Waals surface area contributed by atoms with Gasteiger partial charge in [-0.2, -0.15) is 0 Å². The maximum absolute atomic E-state index is 15.5. The van der Waals surface area contributed by atoms with Crippen molar-refractivity contribution in [2.45, 2.75) is 115 Å². The summed E-state index contributed by atoms with van der Waals surface area (Å²) in [6.45, 7) is 9.15. The van der Waals surface area contributed by atoms with Gasteiger partial charge < -0.3 is 44.3 Å². The second kappa shape index (κ2) is 16.4. The molecule has 4 N–H and O–H groups in total. The van der Waals surface area contributed by atoms with E-state index in [-0.39, 0.29) is 35.3 Å². The van der Waals surface area contributed by atoms with E-state index in [0.717, 1.165) is 13.8 Å². The molecule has 1 amide bonds. The van der Waals surface area contributed by atoms with Gasteiger partial charge in [-0.1, -0.05) is 80.6 Å². The Bertz CT molecular complexity index is 2330. The number of Topliss-reactive ketones (excluding diaryl/α,β-unsaturated/α-hetero) is 1. The number of hydrogen-bond donors (Lipinski definition) is 4. The Hall–Kier alpha value is -5.74. The number of aliphatic hydroxyl groups excluding tert-OH is 1. The second-order valence-electron chi connectivity index (χ2n) is 18.0. The van der Waals surface area contributed by atoms with Crippen molar-refractivity contribution in [2.24, 2.45) is 16.7 Å². The van der Waals surface area contributed by atoms with Gasteiger partial charge in [0.25, 0.3) is 5.91 Å². The Kier molecular flexibility index (Phi) is 11.8. The van der Waals surface area contributed by atoms with Gasteiger partial charge >= 0.3 is 23.9 Å². The van der Waals surface area contributed by atoms with Crippen molar-refractivity contribution in [3.05, 3.63) is 119 Å². The highest BCUT2D eigenvalue weighted by Gasteiger charge is 2.78. The first-order valence-corrected chi connectivity index (χ1v) is 20.9. The van der Waals surface area contributed by atoms with Crippen molar-refractivity contribution in [3.8, 4) is 0 Å². The predicted octanol–water partition coefficient (Wildman–Crippen LogP) is 4.13. The standard InChI is InChI=1S/C48H53NO14/c1-26-32(61-43(56)46(7,57)38(29-17-11-8-12-18-29)49-41(54)30-19-13-9-14-20-30)24-48(58)40(62-42(55)31-21-15-10-16-22-31)37-45(6,33(52)23-34-47(37,25-59-34)63-28(3)51)39(53)36(60-27(2)50)35(26)44(48,4)5/h8-22,32-34,36-38,40,52,57-58H,23-25H2,1-7H3,(H,49,54)/t32-,33-,34+,36+,37-,38-,40-,45+,46+,47-,48+/m0/s1. The van der Waals surface area contributed by atoms with Gasteiger partial charge in [-0.3, -0.25) is 19.2 Å². The summed E-state index contributed by atoms with van der Waals surface area (Å²) < 4.78 is 30.4. The van der Waals surface area contributed by atoms with E-state index in [2.05, 4.69) is 5.32 Å². The molecule has 334 valence electrons. The zero-order valence-corrected chi connectivity index (χ0v) is 36.2. The van der Waals surface area contributed by atoms with E-state index in [1.807, 2.05) is 0 Å². The third kappa shape index (κ3) is 7.43. The second-order valence-corrected chi connectivity index (χ2v) is 18.0. The summed E-state index contributed by atoms with van der Waals surface area (Å²) in [6, 6.07) is 22.9. The lowest BCUT2D eigenvalue weighted by Gasteiger charge is -2.67. The lowest BCUT2D eigenvalue weighted by atomic mass is 9.44. The number of nitrogens with one attached hydrogen (secondary N) is 1. The van der Waals surface area contributed by atoms with E-state index in [9.17, 15) is 39.3 Å². The van der Waals surface area contributed by atoms with E-state index < -0.39 is 112 Å². The van der Waals surface area contributed by atoms with Crippen LogP contribution < -0.4 is 5.32 Å². The van der Waals surface area contributed by atoms with Gasteiger partial charge in [0.1, 0.15) is 23.9 Å². The highest BCUT2D eigenvalue weighted by Crippen LogP contribution is 2.64. The Morgan fingerprint density at radius 3 is 1.95 bits per heavy atom. The van der Waals surface area contributed by atoms with Gasteiger partial charge in [0.2, 0.25) is 0 Å². The van der Waals surface area contributed by atoms with Gasteiger partial charge in [-0.15, -0.1) is 0 Å². The summed E-state index contributed by atoms with van der Waals surface area (Å²) in [6.07, 6.45) is -8.54. The Morgan fingerprint density at radius 2 is 1.41 bits per heavy atom. The Morgan fingerprint density at radius 1 is 0.841 bits per heavy atom. The van der Waals surface area contributed by atoms with Crippen LogP contribution in [0.25, 0.3) is 0 Å². The number of aliphatic hydroxyl groups is 3. The maximum atomic E-state index is 15.5. The van der Waals surface area contributed by atoms with Gasteiger partial charge in [0, 0.05) is 37.7 Å². The average molecular weight is 868 g/mol. The number of ether oxygens (including phenoxy) is 5. The molecule has 15 nitrogen and oxygen atoms in total. The van der Waals surface area contributed by atoms with Crippen molar-refractivity contribution < 1.29 is 67.8 Å².